The summed E-state index contributed by atoms with van der Waals surface area (Å²) in [6.07, 6.45) is 15.9. The summed E-state index contributed by atoms with van der Waals surface area (Å²) in [6.45, 7) is 4.27. The van der Waals surface area contributed by atoms with Crippen molar-refractivity contribution in [1.82, 2.24) is 0 Å². The van der Waals surface area contributed by atoms with Crippen molar-refractivity contribution in [3.05, 3.63) is 23.8 Å². The van der Waals surface area contributed by atoms with Gasteiger partial charge in [-0.25, -0.2) is 0 Å². The van der Waals surface area contributed by atoms with Crippen LogP contribution in [0, 0.1) is 11.8 Å². The van der Waals surface area contributed by atoms with Gasteiger partial charge in [-0.2, -0.15) is 0 Å². The quantitative estimate of drug-likeness (QED) is 0.161. The normalized spacial score (nSPS) is 14.5. The molecule has 0 aliphatic carbocycles. The summed E-state index contributed by atoms with van der Waals surface area (Å²) in [7, 11) is 0. The van der Waals surface area contributed by atoms with Gasteiger partial charge in [-0.1, -0.05) is 84.5 Å². The van der Waals surface area contributed by atoms with Gasteiger partial charge in [-0.3, -0.25) is 0 Å². The highest BCUT2D eigenvalue weighted by atomic mass is 16.3. The molecule has 0 saturated heterocycles. The fourth-order valence-electron chi connectivity index (χ4n) is 4.33. The van der Waals surface area contributed by atoms with Crippen molar-refractivity contribution in [1.29, 1.82) is 0 Å². The Labute approximate surface area is 184 Å². The zero-order chi connectivity index (χ0) is 22.2. The minimum Gasteiger partial charge on any atom is -0.508 e. The molecule has 0 amide bonds. The van der Waals surface area contributed by atoms with Crippen molar-refractivity contribution in [2.75, 3.05) is 13.2 Å². The van der Waals surface area contributed by atoms with Crippen LogP contribution < -0.4 is 0 Å². The number of aliphatic hydroxyl groups excluding tert-OH is 2. The van der Waals surface area contributed by atoms with E-state index < -0.39 is 0 Å². The molecule has 0 aromatic heterocycles. The Morgan fingerprint density at radius 2 is 1.33 bits per heavy atom. The minimum atomic E-state index is -0.0190. The SMILES string of the molecule is CCCCCCCCCCCCCC(CC(CO)C(C)CO)c1cc(O)ccc1O. The maximum Gasteiger partial charge on any atom is 0.119 e. The van der Waals surface area contributed by atoms with Gasteiger partial charge in [0.2, 0.25) is 0 Å². The molecule has 4 N–H and O–H groups in total. The Balaban J connectivity index is 2.46. The largest absolute Gasteiger partial charge is 0.508 e. The molecule has 1 rings (SSSR count). The molecule has 174 valence electrons. The lowest BCUT2D eigenvalue weighted by molar-refractivity contribution is 0.117. The van der Waals surface area contributed by atoms with E-state index in [2.05, 4.69) is 6.92 Å². The molecule has 0 fully saturated rings. The Morgan fingerprint density at radius 1 is 0.767 bits per heavy atom. The summed E-state index contributed by atoms with van der Waals surface area (Å²) >= 11 is 0. The number of aromatic hydroxyl groups is 2. The van der Waals surface area contributed by atoms with Crippen LogP contribution in [0.3, 0.4) is 0 Å². The second kappa shape index (κ2) is 16.4. The maximum atomic E-state index is 10.3. The number of phenols is 2. The lowest BCUT2D eigenvalue weighted by atomic mass is 9.80. The van der Waals surface area contributed by atoms with E-state index in [1.54, 1.807) is 12.1 Å². The van der Waals surface area contributed by atoms with E-state index >= 15 is 0 Å². The van der Waals surface area contributed by atoms with E-state index in [9.17, 15) is 20.4 Å². The molecular weight excluding hydrogens is 376 g/mol. The Morgan fingerprint density at radius 3 is 1.87 bits per heavy atom. The number of hydrogen-bond donors (Lipinski definition) is 4. The summed E-state index contributed by atoms with van der Waals surface area (Å²) in [5.74, 6) is 0.419. The van der Waals surface area contributed by atoms with Gasteiger partial charge in [0.25, 0.3) is 0 Å². The number of benzene rings is 1. The lowest BCUT2D eigenvalue weighted by Gasteiger charge is -2.27. The van der Waals surface area contributed by atoms with Crippen molar-refractivity contribution >= 4 is 0 Å². The average molecular weight is 423 g/mol. The fraction of sp³-hybridized carbons (Fsp3) is 0.769. The molecule has 0 radical (unpaired) electrons. The van der Waals surface area contributed by atoms with E-state index in [1.165, 1.54) is 70.3 Å². The van der Waals surface area contributed by atoms with E-state index in [4.69, 9.17) is 0 Å². The average Bonchev–Trinajstić information content (AvgIpc) is 2.75. The van der Waals surface area contributed by atoms with E-state index in [-0.39, 0.29) is 42.5 Å². The van der Waals surface area contributed by atoms with Crippen LogP contribution in [0.4, 0.5) is 0 Å². The third kappa shape index (κ3) is 10.7. The van der Waals surface area contributed by atoms with Crippen LogP contribution >= 0.6 is 0 Å². The number of aliphatic hydroxyl groups is 2. The molecule has 3 atom stereocenters. The van der Waals surface area contributed by atoms with Crippen molar-refractivity contribution in [3.63, 3.8) is 0 Å². The third-order valence-corrected chi connectivity index (χ3v) is 6.52. The van der Waals surface area contributed by atoms with Gasteiger partial charge in [0.05, 0.1) is 0 Å². The summed E-state index contributed by atoms with van der Waals surface area (Å²) in [6, 6.07) is 4.69. The molecule has 0 aliphatic rings. The maximum absolute atomic E-state index is 10.3. The Hall–Kier alpha value is -1.26. The number of unbranched alkanes of at least 4 members (excludes halogenated alkanes) is 10. The van der Waals surface area contributed by atoms with Gasteiger partial charge in [-0.15, -0.1) is 0 Å². The van der Waals surface area contributed by atoms with Crippen LogP contribution in [0.2, 0.25) is 0 Å². The highest BCUT2D eigenvalue weighted by molar-refractivity contribution is 5.41. The van der Waals surface area contributed by atoms with Crippen molar-refractivity contribution in [2.24, 2.45) is 11.8 Å². The smallest absolute Gasteiger partial charge is 0.119 e. The predicted molar refractivity (Wildman–Crippen MR) is 125 cm³/mol. The van der Waals surface area contributed by atoms with Crippen LogP contribution in [0.1, 0.15) is 109 Å². The molecule has 4 nitrogen and oxygen atoms in total. The Bertz CT molecular complexity index is 546. The van der Waals surface area contributed by atoms with Crippen LogP contribution in [-0.2, 0) is 0 Å². The molecule has 0 heterocycles. The molecule has 1 aromatic rings. The van der Waals surface area contributed by atoms with Crippen LogP contribution in [0.15, 0.2) is 18.2 Å². The molecule has 1 aromatic carbocycles. The zero-order valence-corrected chi connectivity index (χ0v) is 19.4. The van der Waals surface area contributed by atoms with Crippen molar-refractivity contribution in [2.45, 2.75) is 103 Å². The summed E-state index contributed by atoms with van der Waals surface area (Å²) in [5.41, 5.74) is 0.755. The van der Waals surface area contributed by atoms with Crippen LogP contribution in [-0.4, -0.2) is 33.6 Å². The molecule has 3 unspecified atom stereocenters. The van der Waals surface area contributed by atoms with Crippen molar-refractivity contribution in [3.8, 4) is 11.5 Å². The van der Waals surface area contributed by atoms with Gasteiger partial charge in [0.15, 0.2) is 0 Å². The van der Waals surface area contributed by atoms with Gasteiger partial charge in [0.1, 0.15) is 11.5 Å². The second-order valence-electron chi connectivity index (χ2n) is 9.10. The molecule has 0 spiro atoms. The van der Waals surface area contributed by atoms with Gasteiger partial charge >= 0.3 is 0 Å². The molecule has 0 bridgehead atoms. The van der Waals surface area contributed by atoms with Crippen LogP contribution in [0.5, 0.6) is 11.5 Å². The molecule has 0 saturated carbocycles. The first-order valence-electron chi connectivity index (χ1n) is 12.3. The summed E-state index contributed by atoms with van der Waals surface area (Å²) in [5, 5.41) is 39.5. The Kier molecular flexibility index (Phi) is 14.7. The summed E-state index contributed by atoms with van der Waals surface area (Å²) < 4.78 is 0. The first kappa shape index (κ1) is 26.8. The highest BCUT2D eigenvalue weighted by Gasteiger charge is 2.24. The predicted octanol–water partition coefficient (Wildman–Crippen LogP) is 6.51. The molecule has 4 heteroatoms. The van der Waals surface area contributed by atoms with E-state index in [0.29, 0.717) is 6.42 Å². The molecule has 0 aliphatic heterocycles. The monoisotopic (exact) mass is 422 g/mol. The first-order valence-corrected chi connectivity index (χ1v) is 12.3. The fourth-order valence-corrected chi connectivity index (χ4v) is 4.33. The van der Waals surface area contributed by atoms with Crippen LogP contribution in [0.25, 0.3) is 0 Å². The number of rotatable bonds is 18. The highest BCUT2D eigenvalue weighted by Crippen LogP contribution is 2.38. The second-order valence-corrected chi connectivity index (χ2v) is 9.10. The van der Waals surface area contributed by atoms with Gasteiger partial charge < -0.3 is 20.4 Å². The zero-order valence-electron chi connectivity index (χ0n) is 19.4. The van der Waals surface area contributed by atoms with E-state index in [0.717, 1.165) is 18.4 Å². The van der Waals surface area contributed by atoms with E-state index in [1.807, 2.05) is 6.92 Å². The number of phenolic OH excluding ortho intramolecular Hbond substituents is 2. The standard InChI is InChI=1S/C26H46O4/c1-3-4-5-6-7-8-9-10-11-12-13-14-22(17-23(20-28)21(2)19-27)25-18-24(29)15-16-26(25)30/h15-16,18,21-23,27-30H,3-14,17,19-20H2,1-2H3. The first-order chi connectivity index (χ1) is 14.5. The molecular formula is C26H46O4. The molecule has 30 heavy (non-hydrogen) atoms. The lowest BCUT2D eigenvalue weighted by Crippen LogP contribution is -2.22. The summed E-state index contributed by atoms with van der Waals surface area (Å²) in [4.78, 5) is 0. The van der Waals surface area contributed by atoms with Gasteiger partial charge in [-0.05, 0) is 48.8 Å². The topological polar surface area (TPSA) is 80.9 Å². The minimum absolute atomic E-state index is 0.00859. The number of hydrogen-bond acceptors (Lipinski definition) is 4. The van der Waals surface area contributed by atoms with Gasteiger partial charge in [0, 0.05) is 18.8 Å². The van der Waals surface area contributed by atoms with Crippen molar-refractivity contribution < 1.29 is 20.4 Å². The third-order valence-electron chi connectivity index (χ3n) is 6.52.